The van der Waals surface area contributed by atoms with Crippen molar-refractivity contribution in [1.29, 1.82) is 0 Å². The van der Waals surface area contributed by atoms with Gasteiger partial charge in [0.25, 0.3) is 0 Å². The number of hydrogen-bond acceptors (Lipinski definition) is 12. The number of nitrogens with zero attached hydrogens (tertiary/aromatic N) is 4. The summed E-state index contributed by atoms with van der Waals surface area (Å²) in [7, 11) is 3.86. The van der Waals surface area contributed by atoms with Crippen LogP contribution in [0.3, 0.4) is 0 Å². The number of likely N-dealkylation sites (N-methyl/N-ethyl adjacent to an activating group) is 1. The highest BCUT2D eigenvalue weighted by Crippen LogP contribution is 2.43. The number of ether oxygens (including phenoxy) is 5. The number of aromatic nitrogens is 1. The van der Waals surface area contributed by atoms with Crippen LogP contribution in [0, 0.1) is 17.8 Å². The number of cyclic esters (lactones) is 1. The minimum absolute atomic E-state index is 0.185. The van der Waals surface area contributed by atoms with Crippen LogP contribution in [0.15, 0.2) is 59.2 Å². The fourth-order valence-corrected chi connectivity index (χ4v) is 9.48. The lowest BCUT2D eigenvalue weighted by molar-refractivity contribution is -0.295. The standard InChI is InChI=1S/C43H60N4O9/c1-25-19-26(2)39(50)54-34(24-48)43(7)37-29(5)35(44-16-17-47(37)41(51)56-43)27(3)22-42(6,38(25)55-40-36(49)33(46(8)9)20-28(4)53-40)52-18-12-13-30-21-31-14-10-11-15-32(31)45-23-30/h10-15,19,21,23,25,27-29,33-34,36-38,40,48-49H,16-18,20,22,24H2,1-9H3/b13-12+,26-19+/t25-,27+,28-,29+,33+,34-,36?,37+,38+,40+,42-,43+/m0/s1. The summed E-state index contributed by atoms with van der Waals surface area (Å²) in [4.78, 5) is 40.5. The number of rotatable bonds is 8. The zero-order valence-electron chi connectivity index (χ0n) is 34.3. The molecule has 2 aromatic rings. The summed E-state index contributed by atoms with van der Waals surface area (Å²) in [6, 6.07) is 9.27. The number of para-hydroxylation sites is 1. The molecule has 2 saturated heterocycles. The van der Waals surface area contributed by atoms with Crippen LogP contribution < -0.4 is 0 Å². The minimum atomic E-state index is -1.34. The number of carbonyl (C=O) groups excluding carboxylic acids is 2. The van der Waals surface area contributed by atoms with Gasteiger partial charge in [-0.2, -0.15) is 0 Å². The molecule has 1 aromatic heterocycles. The number of benzene rings is 1. The molecule has 306 valence electrons. The maximum atomic E-state index is 13.8. The Kier molecular flexibility index (Phi) is 12.7. The van der Waals surface area contributed by atoms with Gasteiger partial charge in [0.05, 0.1) is 49.1 Å². The molecule has 12 atom stereocenters. The molecule has 13 heteroatoms. The average Bonchev–Trinajstić information content (AvgIpc) is 3.28. The number of aliphatic hydroxyl groups excluding tert-OH is 2. The molecule has 13 nitrogen and oxygen atoms in total. The molecule has 2 bridgehead atoms. The predicted octanol–water partition coefficient (Wildman–Crippen LogP) is 5.03. The second-order valence-electron chi connectivity index (χ2n) is 16.8. The van der Waals surface area contributed by atoms with E-state index in [1.807, 2.05) is 89.3 Å². The molecule has 1 unspecified atom stereocenters. The number of hydrogen-bond donors (Lipinski definition) is 2. The fourth-order valence-electron chi connectivity index (χ4n) is 9.48. The molecule has 2 N–H and O–H groups in total. The average molecular weight is 777 g/mol. The monoisotopic (exact) mass is 776 g/mol. The summed E-state index contributed by atoms with van der Waals surface area (Å²) in [5.41, 5.74) is 0.612. The molecule has 2 fully saturated rings. The Morgan fingerprint density at radius 2 is 1.88 bits per heavy atom. The van der Waals surface area contributed by atoms with E-state index in [4.69, 9.17) is 28.7 Å². The van der Waals surface area contributed by atoms with Crippen LogP contribution in [0.25, 0.3) is 17.0 Å². The van der Waals surface area contributed by atoms with E-state index in [-0.39, 0.29) is 36.2 Å². The summed E-state index contributed by atoms with van der Waals surface area (Å²) in [5, 5.41) is 23.3. The Bertz CT molecular complexity index is 1830. The maximum Gasteiger partial charge on any atom is 0.411 e. The second-order valence-corrected chi connectivity index (χ2v) is 16.8. The van der Waals surface area contributed by atoms with Crippen LogP contribution in [0.2, 0.25) is 0 Å². The number of amides is 1. The minimum Gasteiger partial charge on any atom is -0.452 e. The van der Waals surface area contributed by atoms with Gasteiger partial charge in [0.15, 0.2) is 18.0 Å². The van der Waals surface area contributed by atoms with Crippen molar-refractivity contribution in [2.45, 2.75) is 115 Å². The highest BCUT2D eigenvalue weighted by Gasteiger charge is 2.60. The maximum absolute atomic E-state index is 13.8. The summed E-state index contributed by atoms with van der Waals surface area (Å²) in [6.07, 6.45) is 4.07. The first-order chi connectivity index (χ1) is 26.6. The van der Waals surface area contributed by atoms with E-state index in [9.17, 15) is 19.8 Å². The van der Waals surface area contributed by atoms with Gasteiger partial charge >= 0.3 is 12.1 Å². The SMILES string of the molecule is C/C1=C\[C@H](C)[C@@H](O[C@H]2O[C@@H](C)C[C@@H](N(C)C)C2O)[C@@](C)(OC/C=C/c2cnc3ccccc3c2)C[C@@H](C)C2=NCCN3C(=O)O[C@](C)([C@H](CO)OC1=O)[C@H]3[C@@H]2C. The molecule has 0 aliphatic carbocycles. The molecular weight excluding hydrogens is 716 g/mol. The number of carbonyl (C=O) groups is 2. The van der Waals surface area contributed by atoms with Crippen molar-refractivity contribution in [3.63, 3.8) is 0 Å². The lowest BCUT2D eigenvalue weighted by Crippen LogP contribution is -2.59. The van der Waals surface area contributed by atoms with E-state index in [1.54, 1.807) is 24.8 Å². The van der Waals surface area contributed by atoms with Gasteiger partial charge in [-0.3, -0.25) is 14.9 Å². The first-order valence-electron chi connectivity index (χ1n) is 19.9. The summed E-state index contributed by atoms with van der Waals surface area (Å²) in [6.45, 7) is 13.8. The molecule has 1 amide bonds. The number of esters is 1. The summed E-state index contributed by atoms with van der Waals surface area (Å²) in [5.74, 6) is -1.64. The molecule has 0 spiro atoms. The molecule has 56 heavy (non-hydrogen) atoms. The first-order valence-corrected chi connectivity index (χ1v) is 19.9. The van der Waals surface area contributed by atoms with Gasteiger partial charge in [-0.1, -0.05) is 57.2 Å². The van der Waals surface area contributed by atoms with E-state index in [1.165, 1.54) is 0 Å². The third kappa shape index (κ3) is 8.44. The first kappa shape index (κ1) is 41.9. The van der Waals surface area contributed by atoms with Crippen LogP contribution in [-0.4, -0.2) is 137 Å². The largest absolute Gasteiger partial charge is 0.452 e. The van der Waals surface area contributed by atoms with E-state index in [0.717, 1.165) is 22.2 Å². The third-order valence-corrected chi connectivity index (χ3v) is 12.2. The van der Waals surface area contributed by atoms with Crippen LogP contribution in [0.4, 0.5) is 4.79 Å². The molecule has 5 heterocycles. The number of fused-ring (bicyclic) bond motifs is 2. The topological polar surface area (TPSA) is 152 Å². The Balaban J connectivity index is 1.41. The summed E-state index contributed by atoms with van der Waals surface area (Å²) < 4.78 is 32.2. The van der Waals surface area contributed by atoms with Crippen molar-refractivity contribution in [2.24, 2.45) is 22.7 Å². The Morgan fingerprint density at radius 1 is 1.12 bits per heavy atom. The normalized spacial score (nSPS) is 38.1. The zero-order valence-corrected chi connectivity index (χ0v) is 34.3. The van der Waals surface area contributed by atoms with Crippen molar-refractivity contribution < 1.29 is 43.5 Å². The Morgan fingerprint density at radius 3 is 2.61 bits per heavy atom. The Labute approximate surface area is 330 Å². The summed E-state index contributed by atoms with van der Waals surface area (Å²) >= 11 is 0. The van der Waals surface area contributed by atoms with Crippen molar-refractivity contribution in [1.82, 2.24) is 14.8 Å². The smallest absolute Gasteiger partial charge is 0.411 e. The van der Waals surface area contributed by atoms with Crippen molar-refractivity contribution in [2.75, 3.05) is 40.4 Å². The molecule has 4 aliphatic heterocycles. The lowest BCUT2D eigenvalue weighted by Gasteiger charge is -2.47. The highest BCUT2D eigenvalue weighted by molar-refractivity contribution is 5.91. The van der Waals surface area contributed by atoms with E-state index in [2.05, 4.69) is 18.0 Å². The van der Waals surface area contributed by atoms with Crippen molar-refractivity contribution >= 4 is 34.8 Å². The Hall–Kier alpha value is -3.72. The van der Waals surface area contributed by atoms with Crippen molar-refractivity contribution in [3.05, 3.63) is 59.8 Å². The molecule has 0 saturated carbocycles. The quantitative estimate of drug-likeness (QED) is 0.348. The number of pyridine rings is 1. The number of aliphatic imine (C=N–C) groups is 1. The number of aliphatic hydroxyl groups is 2. The van der Waals surface area contributed by atoms with Gasteiger partial charge in [-0.15, -0.1) is 0 Å². The van der Waals surface area contributed by atoms with E-state index in [0.29, 0.717) is 25.9 Å². The third-order valence-electron chi connectivity index (χ3n) is 12.2. The lowest BCUT2D eigenvalue weighted by atomic mass is 9.74. The van der Waals surface area contributed by atoms with Crippen LogP contribution in [0.5, 0.6) is 0 Å². The van der Waals surface area contributed by atoms with E-state index >= 15 is 0 Å². The predicted molar refractivity (Wildman–Crippen MR) is 213 cm³/mol. The molecule has 6 rings (SSSR count). The van der Waals surface area contributed by atoms with Gasteiger partial charge < -0.3 is 38.8 Å². The van der Waals surface area contributed by atoms with Crippen LogP contribution in [0.1, 0.15) is 66.9 Å². The van der Waals surface area contributed by atoms with Gasteiger partial charge in [0, 0.05) is 47.3 Å². The van der Waals surface area contributed by atoms with E-state index < -0.39 is 66.4 Å². The second kappa shape index (κ2) is 17.0. The molecule has 1 aromatic carbocycles. The van der Waals surface area contributed by atoms with Gasteiger partial charge in [0.2, 0.25) is 0 Å². The van der Waals surface area contributed by atoms with Gasteiger partial charge in [0.1, 0.15) is 6.10 Å². The van der Waals surface area contributed by atoms with Crippen LogP contribution in [-0.2, 0) is 28.5 Å². The molecule has 4 aliphatic rings. The molecule has 0 radical (unpaired) electrons. The van der Waals surface area contributed by atoms with Gasteiger partial charge in [-0.25, -0.2) is 9.59 Å². The van der Waals surface area contributed by atoms with Crippen LogP contribution >= 0.6 is 0 Å². The fraction of sp³-hybridized carbons (Fsp3) is 0.628. The van der Waals surface area contributed by atoms with Gasteiger partial charge in [-0.05, 0) is 78.2 Å². The zero-order chi connectivity index (χ0) is 40.5. The highest BCUT2D eigenvalue weighted by atomic mass is 16.7. The molecular formula is C43H60N4O9. The van der Waals surface area contributed by atoms with Crippen molar-refractivity contribution in [3.8, 4) is 0 Å².